The molecule has 0 aromatic carbocycles. The average molecular weight is 233 g/mol. The maximum Gasteiger partial charge on any atom is 0.226 e. The summed E-state index contributed by atoms with van der Waals surface area (Å²) in [7, 11) is 0. The van der Waals surface area contributed by atoms with E-state index in [4.69, 9.17) is 0 Å². The van der Waals surface area contributed by atoms with Gasteiger partial charge in [-0.25, -0.2) is 4.98 Å². The number of carbonyl (C=O) groups excluding carboxylic acids is 1. The molecule has 1 amide bonds. The molecule has 1 aliphatic rings. The van der Waals surface area contributed by atoms with Crippen molar-refractivity contribution in [2.75, 3.05) is 16.8 Å². The zero-order valence-electron chi connectivity index (χ0n) is 10.9. The Kier molecular flexibility index (Phi) is 2.81. The van der Waals surface area contributed by atoms with Gasteiger partial charge in [0.15, 0.2) is 5.82 Å². The van der Waals surface area contributed by atoms with Crippen LogP contribution >= 0.6 is 0 Å². The molecule has 2 rings (SSSR count). The highest BCUT2D eigenvalue weighted by molar-refractivity contribution is 5.95. The van der Waals surface area contributed by atoms with Gasteiger partial charge in [-0.2, -0.15) is 0 Å². The third-order valence-corrected chi connectivity index (χ3v) is 2.92. The van der Waals surface area contributed by atoms with Gasteiger partial charge in [0, 0.05) is 24.2 Å². The number of hydrogen-bond acceptors (Lipinski definition) is 3. The van der Waals surface area contributed by atoms with Crippen molar-refractivity contribution in [3.05, 3.63) is 17.8 Å². The minimum absolute atomic E-state index is 0.0398. The lowest BCUT2D eigenvalue weighted by Gasteiger charge is -2.36. The van der Waals surface area contributed by atoms with E-state index in [9.17, 15) is 4.79 Å². The number of fused-ring (bicyclic) bond motifs is 1. The number of aromatic nitrogens is 1. The van der Waals surface area contributed by atoms with Crippen LogP contribution in [0.15, 0.2) is 12.1 Å². The fourth-order valence-electron chi connectivity index (χ4n) is 2.03. The van der Waals surface area contributed by atoms with E-state index < -0.39 is 0 Å². The van der Waals surface area contributed by atoms with Crippen molar-refractivity contribution in [2.45, 2.75) is 39.7 Å². The van der Waals surface area contributed by atoms with Gasteiger partial charge in [0.2, 0.25) is 5.91 Å². The number of amides is 1. The minimum Gasteiger partial charge on any atom is -0.350 e. The van der Waals surface area contributed by atoms with Crippen molar-refractivity contribution in [1.29, 1.82) is 0 Å². The Hall–Kier alpha value is -1.58. The highest BCUT2D eigenvalue weighted by atomic mass is 16.1. The molecule has 0 aliphatic carbocycles. The SMILES string of the molecule is Cc1ccc2c(n1)N(C(C)(C)C)CCC(=O)N2. The summed E-state index contributed by atoms with van der Waals surface area (Å²) in [6.45, 7) is 9.08. The summed E-state index contributed by atoms with van der Waals surface area (Å²) >= 11 is 0. The second-order valence-electron chi connectivity index (χ2n) is 5.44. The average Bonchev–Trinajstić information content (AvgIpc) is 2.35. The molecule has 4 heteroatoms. The molecule has 1 aromatic heterocycles. The molecular formula is C13H19N3O. The van der Waals surface area contributed by atoms with Gasteiger partial charge in [0.25, 0.3) is 0 Å². The molecule has 1 N–H and O–H groups in total. The molecule has 1 aliphatic heterocycles. The summed E-state index contributed by atoms with van der Waals surface area (Å²) in [5.74, 6) is 0.937. The Morgan fingerprint density at radius 1 is 1.35 bits per heavy atom. The van der Waals surface area contributed by atoms with Crippen LogP contribution in [0.4, 0.5) is 11.5 Å². The topological polar surface area (TPSA) is 45.2 Å². The summed E-state index contributed by atoms with van der Waals surface area (Å²) in [6, 6.07) is 3.85. The Morgan fingerprint density at radius 3 is 2.71 bits per heavy atom. The predicted molar refractivity (Wildman–Crippen MR) is 69.3 cm³/mol. The first-order valence-electron chi connectivity index (χ1n) is 5.93. The Labute approximate surface area is 102 Å². The number of carbonyl (C=O) groups is 1. The van der Waals surface area contributed by atoms with E-state index in [1.165, 1.54) is 0 Å². The van der Waals surface area contributed by atoms with Crippen molar-refractivity contribution in [3.63, 3.8) is 0 Å². The van der Waals surface area contributed by atoms with E-state index in [1.54, 1.807) is 0 Å². The van der Waals surface area contributed by atoms with Crippen molar-refractivity contribution >= 4 is 17.4 Å². The van der Waals surface area contributed by atoms with Gasteiger partial charge in [-0.15, -0.1) is 0 Å². The molecule has 92 valence electrons. The third-order valence-electron chi connectivity index (χ3n) is 2.92. The van der Waals surface area contributed by atoms with Crippen LogP contribution in [0.5, 0.6) is 0 Å². The third kappa shape index (κ3) is 2.40. The zero-order chi connectivity index (χ0) is 12.6. The molecule has 0 radical (unpaired) electrons. The molecule has 4 nitrogen and oxygen atoms in total. The van der Waals surface area contributed by atoms with Gasteiger partial charge in [0.1, 0.15) is 0 Å². The number of nitrogens with one attached hydrogen (secondary N) is 1. The van der Waals surface area contributed by atoms with Crippen molar-refractivity contribution in [2.24, 2.45) is 0 Å². The van der Waals surface area contributed by atoms with E-state index in [0.717, 1.165) is 17.2 Å². The summed E-state index contributed by atoms with van der Waals surface area (Å²) in [4.78, 5) is 18.4. The number of aryl methyl sites for hydroxylation is 1. The largest absolute Gasteiger partial charge is 0.350 e. The van der Waals surface area contributed by atoms with Crippen LogP contribution in [0.1, 0.15) is 32.9 Å². The highest BCUT2D eigenvalue weighted by Crippen LogP contribution is 2.31. The molecule has 0 spiro atoms. The van der Waals surface area contributed by atoms with Gasteiger partial charge in [-0.05, 0) is 39.8 Å². The zero-order valence-corrected chi connectivity index (χ0v) is 10.9. The van der Waals surface area contributed by atoms with Crippen LogP contribution < -0.4 is 10.2 Å². The van der Waals surface area contributed by atoms with E-state index >= 15 is 0 Å². The molecule has 0 fully saturated rings. The van der Waals surface area contributed by atoms with Crippen molar-refractivity contribution in [1.82, 2.24) is 4.98 Å². The first-order valence-corrected chi connectivity index (χ1v) is 5.93. The number of nitrogens with zero attached hydrogens (tertiary/aromatic N) is 2. The summed E-state index contributed by atoms with van der Waals surface area (Å²) in [6.07, 6.45) is 0.507. The van der Waals surface area contributed by atoms with E-state index in [1.807, 2.05) is 19.1 Å². The van der Waals surface area contributed by atoms with E-state index in [2.05, 4.69) is 36.0 Å². The van der Waals surface area contributed by atoms with Gasteiger partial charge in [-0.1, -0.05) is 0 Å². The lowest BCUT2D eigenvalue weighted by molar-refractivity contribution is -0.116. The Balaban J connectivity index is 2.52. The Bertz CT molecular complexity index is 448. The second-order valence-corrected chi connectivity index (χ2v) is 5.44. The lowest BCUT2D eigenvalue weighted by atomic mass is 10.1. The van der Waals surface area contributed by atoms with Crippen LogP contribution in [0.3, 0.4) is 0 Å². The lowest BCUT2D eigenvalue weighted by Crippen LogP contribution is -2.42. The summed E-state index contributed by atoms with van der Waals surface area (Å²) < 4.78 is 0. The molecule has 0 saturated heterocycles. The monoisotopic (exact) mass is 233 g/mol. The first kappa shape index (κ1) is 11.9. The fourth-order valence-corrected chi connectivity index (χ4v) is 2.03. The Morgan fingerprint density at radius 2 is 2.06 bits per heavy atom. The summed E-state index contributed by atoms with van der Waals surface area (Å²) in [5.41, 5.74) is 1.74. The molecule has 0 atom stereocenters. The van der Waals surface area contributed by atoms with Crippen LogP contribution in [0.25, 0.3) is 0 Å². The van der Waals surface area contributed by atoms with E-state index in [0.29, 0.717) is 13.0 Å². The van der Waals surface area contributed by atoms with Crippen LogP contribution in [-0.4, -0.2) is 23.0 Å². The second kappa shape index (κ2) is 4.02. The fraction of sp³-hybridized carbons (Fsp3) is 0.538. The molecule has 17 heavy (non-hydrogen) atoms. The van der Waals surface area contributed by atoms with Crippen molar-refractivity contribution < 1.29 is 4.79 Å². The van der Waals surface area contributed by atoms with Crippen LogP contribution in [0.2, 0.25) is 0 Å². The van der Waals surface area contributed by atoms with Gasteiger partial charge >= 0.3 is 0 Å². The van der Waals surface area contributed by atoms with Gasteiger partial charge in [-0.3, -0.25) is 4.79 Å². The summed E-state index contributed by atoms with van der Waals surface area (Å²) in [5, 5.41) is 2.91. The molecule has 1 aromatic rings. The van der Waals surface area contributed by atoms with Crippen LogP contribution in [0, 0.1) is 6.92 Å². The predicted octanol–water partition coefficient (Wildman–Crippen LogP) is 2.34. The molecule has 0 bridgehead atoms. The number of anilines is 2. The number of rotatable bonds is 0. The van der Waals surface area contributed by atoms with Crippen molar-refractivity contribution in [3.8, 4) is 0 Å². The number of hydrogen-bond donors (Lipinski definition) is 1. The number of pyridine rings is 1. The van der Waals surface area contributed by atoms with Gasteiger partial charge in [0.05, 0.1) is 5.69 Å². The minimum atomic E-state index is -0.0398. The normalized spacial score (nSPS) is 16.2. The maximum absolute atomic E-state index is 11.6. The quantitative estimate of drug-likeness (QED) is 0.748. The molecular weight excluding hydrogens is 214 g/mol. The van der Waals surface area contributed by atoms with Crippen LogP contribution in [-0.2, 0) is 4.79 Å². The molecule has 0 saturated carbocycles. The maximum atomic E-state index is 11.6. The standard InChI is InChI=1S/C13H19N3O/c1-9-5-6-10-12(14-9)16(13(2,3)4)8-7-11(17)15-10/h5-6H,7-8H2,1-4H3,(H,15,17). The van der Waals surface area contributed by atoms with Gasteiger partial charge < -0.3 is 10.2 Å². The van der Waals surface area contributed by atoms with E-state index in [-0.39, 0.29) is 11.4 Å². The first-order chi connectivity index (χ1) is 7.88. The molecule has 0 unspecified atom stereocenters. The smallest absolute Gasteiger partial charge is 0.226 e. The highest BCUT2D eigenvalue weighted by Gasteiger charge is 2.28. The molecule has 2 heterocycles.